The van der Waals surface area contributed by atoms with Crippen LogP contribution in [0.5, 0.6) is 0 Å². The summed E-state index contributed by atoms with van der Waals surface area (Å²) >= 11 is 0. The number of aromatic amines is 1. The Hall–Kier alpha value is -3.15. The van der Waals surface area contributed by atoms with Crippen LogP contribution in [0.1, 0.15) is 25.0 Å². The van der Waals surface area contributed by atoms with Gasteiger partial charge < -0.3 is 14.5 Å². The van der Waals surface area contributed by atoms with Gasteiger partial charge in [0.1, 0.15) is 0 Å². The van der Waals surface area contributed by atoms with Crippen LogP contribution in [0.15, 0.2) is 52.1 Å². The number of piperidine rings is 1. The van der Waals surface area contributed by atoms with Crippen LogP contribution in [-0.4, -0.2) is 33.4 Å². The van der Waals surface area contributed by atoms with E-state index < -0.39 is 0 Å². The van der Waals surface area contributed by atoms with E-state index in [2.05, 4.69) is 11.1 Å². The van der Waals surface area contributed by atoms with Gasteiger partial charge in [-0.15, -0.1) is 0 Å². The number of aromatic nitrogens is 2. The second kappa shape index (κ2) is 6.19. The van der Waals surface area contributed by atoms with Crippen LogP contribution in [0.4, 0.5) is 0 Å². The van der Waals surface area contributed by atoms with Crippen molar-refractivity contribution in [3.63, 3.8) is 0 Å². The highest BCUT2D eigenvalue weighted by Crippen LogP contribution is 2.36. The number of likely N-dealkylation sites (tertiary alicyclic amines) is 1. The van der Waals surface area contributed by atoms with Gasteiger partial charge in [-0.05, 0) is 47.1 Å². The molecule has 0 unspecified atom stereocenters. The normalized spacial score (nSPS) is 20.8. The van der Waals surface area contributed by atoms with E-state index in [0.29, 0.717) is 19.0 Å². The molecule has 4 heterocycles. The molecular weight excluding hydrogens is 354 g/mol. The Morgan fingerprint density at radius 3 is 2.64 bits per heavy atom. The number of carbonyl (C=O) groups excluding carboxylic acids is 1. The largest absolute Gasteiger partial charge is 0.342 e. The minimum absolute atomic E-state index is 0.000118. The first-order valence-electron chi connectivity index (χ1n) is 9.62. The lowest BCUT2D eigenvalue weighted by molar-refractivity contribution is -0.131. The highest BCUT2D eigenvalue weighted by atomic mass is 16.2. The molecule has 5 rings (SSSR count). The zero-order valence-electron chi connectivity index (χ0n) is 15.6. The number of amides is 1. The number of pyridine rings is 2. The number of fused-ring (bicyclic) bond motifs is 5. The van der Waals surface area contributed by atoms with Crippen LogP contribution in [0.3, 0.4) is 0 Å². The van der Waals surface area contributed by atoms with E-state index in [0.717, 1.165) is 40.7 Å². The van der Waals surface area contributed by atoms with Gasteiger partial charge >= 0.3 is 0 Å². The molecule has 0 spiro atoms. The summed E-state index contributed by atoms with van der Waals surface area (Å²) in [6.45, 7) is 3.68. The first-order chi connectivity index (χ1) is 13.5. The summed E-state index contributed by atoms with van der Waals surface area (Å²) in [6, 6.07) is 12.9. The fourth-order valence-electron chi connectivity index (χ4n) is 4.71. The van der Waals surface area contributed by atoms with Crippen LogP contribution in [0.2, 0.25) is 0 Å². The Kier molecular flexibility index (Phi) is 3.75. The average molecular weight is 375 g/mol. The summed E-state index contributed by atoms with van der Waals surface area (Å²) in [5, 5.41) is 0.949. The standard InChI is InChI=1S/C22H21N3O3/c1-13(26)24-10-14-6-18(12-24)20-8-17(9-22(28)25(20)11-14)16-3-2-15-4-5-21(27)23-19(15)7-16/h2-5,7-9,14,18H,6,10-12H2,1H3,(H,23,27)/t14-,18+/m0/s1. The zero-order chi connectivity index (χ0) is 19.4. The number of carbonyl (C=O) groups is 1. The summed E-state index contributed by atoms with van der Waals surface area (Å²) in [7, 11) is 0. The summed E-state index contributed by atoms with van der Waals surface area (Å²) in [4.78, 5) is 41.1. The molecule has 3 aromatic rings. The molecule has 0 radical (unpaired) electrons. The molecule has 142 valence electrons. The fourth-order valence-corrected chi connectivity index (χ4v) is 4.71. The van der Waals surface area contributed by atoms with Crippen LogP contribution < -0.4 is 11.1 Å². The number of hydrogen-bond donors (Lipinski definition) is 1. The van der Waals surface area contributed by atoms with E-state index in [9.17, 15) is 14.4 Å². The molecule has 1 N–H and O–H groups in total. The van der Waals surface area contributed by atoms with Crippen LogP contribution in [-0.2, 0) is 11.3 Å². The number of H-pyrrole nitrogens is 1. The molecule has 1 aromatic carbocycles. The third-order valence-corrected chi connectivity index (χ3v) is 6.06. The molecule has 1 saturated heterocycles. The monoisotopic (exact) mass is 375 g/mol. The Labute approximate surface area is 161 Å². The molecular formula is C22H21N3O3. The number of benzene rings is 1. The van der Waals surface area contributed by atoms with Crippen LogP contribution >= 0.6 is 0 Å². The van der Waals surface area contributed by atoms with Gasteiger partial charge in [0, 0.05) is 55.8 Å². The zero-order valence-corrected chi connectivity index (χ0v) is 15.6. The highest BCUT2D eigenvalue weighted by molar-refractivity contribution is 5.84. The van der Waals surface area contributed by atoms with Crippen molar-refractivity contribution in [2.45, 2.75) is 25.8 Å². The Morgan fingerprint density at radius 1 is 1.00 bits per heavy atom. The van der Waals surface area contributed by atoms with E-state index >= 15 is 0 Å². The molecule has 2 aliphatic heterocycles. The van der Waals surface area contributed by atoms with Gasteiger partial charge in [-0.1, -0.05) is 12.1 Å². The molecule has 0 aliphatic carbocycles. The SMILES string of the molecule is CC(=O)N1C[C@@H]2C[C@H](C1)c1cc(-c3ccc4ccc(=O)[nH]c4c3)cc(=O)n1C2. The first-order valence-corrected chi connectivity index (χ1v) is 9.62. The molecule has 2 aromatic heterocycles. The quantitative estimate of drug-likeness (QED) is 0.709. The number of nitrogens with zero attached hydrogens (tertiary/aromatic N) is 2. The van der Waals surface area contributed by atoms with Gasteiger partial charge in [-0.2, -0.15) is 0 Å². The van der Waals surface area contributed by atoms with Gasteiger partial charge in [0.25, 0.3) is 5.56 Å². The molecule has 1 amide bonds. The number of rotatable bonds is 1. The molecule has 6 nitrogen and oxygen atoms in total. The Balaban J connectivity index is 1.61. The molecule has 2 atom stereocenters. The van der Waals surface area contributed by atoms with Crippen LogP contribution in [0, 0.1) is 5.92 Å². The second-order valence-electron chi connectivity index (χ2n) is 7.96. The van der Waals surface area contributed by atoms with Crippen molar-refractivity contribution in [1.29, 1.82) is 0 Å². The third kappa shape index (κ3) is 2.76. The first kappa shape index (κ1) is 17.0. The summed E-state index contributed by atoms with van der Waals surface area (Å²) < 4.78 is 1.88. The van der Waals surface area contributed by atoms with Crippen molar-refractivity contribution in [1.82, 2.24) is 14.5 Å². The van der Waals surface area contributed by atoms with Crippen molar-refractivity contribution in [2.24, 2.45) is 5.92 Å². The van der Waals surface area contributed by atoms with E-state index in [-0.39, 0.29) is 22.9 Å². The summed E-state index contributed by atoms with van der Waals surface area (Å²) in [5.74, 6) is 0.619. The third-order valence-electron chi connectivity index (χ3n) is 6.06. The Bertz CT molecular complexity index is 1220. The summed E-state index contributed by atoms with van der Waals surface area (Å²) in [6.07, 6.45) is 1.01. The van der Waals surface area contributed by atoms with Gasteiger partial charge in [0.2, 0.25) is 11.5 Å². The van der Waals surface area contributed by atoms with Gasteiger partial charge in [-0.25, -0.2) is 0 Å². The van der Waals surface area contributed by atoms with Gasteiger partial charge in [-0.3, -0.25) is 14.4 Å². The molecule has 0 saturated carbocycles. The molecule has 28 heavy (non-hydrogen) atoms. The number of nitrogens with one attached hydrogen (secondary N) is 1. The topological polar surface area (TPSA) is 75.2 Å². The molecule has 6 heteroatoms. The lowest BCUT2D eigenvalue weighted by atomic mass is 9.82. The van der Waals surface area contributed by atoms with Gasteiger partial charge in [0.15, 0.2) is 0 Å². The predicted molar refractivity (Wildman–Crippen MR) is 107 cm³/mol. The maximum absolute atomic E-state index is 12.8. The lowest BCUT2D eigenvalue weighted by Crippen LogP contribution is -2.48. The average Bonchev–Trinajstić information content (AvgIpc) is 2.68. The van der Waals surface area contributed by atoms with Crippen molar-refractivity contribution in [2.75, 3.05) is 13.1 Å². The molecule has 2 aliphatic rings. The highest BCUT2D eigenvalue weighted by Gasteiger charge is 2.35. The fraction of sp³-hybridized carbons (Fsp3) is 0.318. The summed E-state index contributed by atoms with van der Waals surface area (Å²) in [5.41, 5.74) is 3.36. The smallest absolute Gasteiger partial charge is 0.251 e. The van der Waals surface area contributed by atoms with Crippen molar-refractivity contribution in [3.05, 3.63) is 68.9 Å². The maximum atomic E-state index is 12.8. The maximum Gasteiger partial charge on any atom is 0.251 e. The van der Waals surface area contributed by atoms with Crippen molar-refractivity contribution in [3.8, 4) is 11.1 Å². The van der Waals surface area contributed by atoms with Crippen molar-refractivity contribution < 1.29 is 4.79 Å². The number of hydrogen-bond acceptors (Lipinski definition) is 3. The van der Waals surface area contributed by atoms with Gasteiger partial charge in [0.05, 0.1) is 0 Å². The lowest BCUT2D eigenvalue weighted by Gasteiger charge is -2.42. The Morgan fingerprint density at radius 2 is 1.82 bits per heavy atom. The second-order valence-corrected chi connectivity index (χ2v) is 7.96. The van der Waals surface area contributed by atoms with E-state index in [1.165, 1.54) is 6.07 Å². The predicted octanol–water partition coefficient (Wildman–Crippen LogP) is 2.32. The minimum atomic E-state index is -0.146. The van der Waals surface area contributed by atoms with Crippen LogP contribution in [0.25, 0.3) is 22.0 Å². The minimum Gasteiger partial charge on any atom is -0.342 e. The molecule has 1 fully saturated rings. The van der Waals surface area contributed by atoms with E-state index in [1.807, 2.05) is 27.7 Å². The van der Waals surface area contributed by atoms with E-state index in [1.54, 1.807) is 19.1 Å². The molecule has 2 bridgehead atoms. The van der Waals surface area contributed by atoms with E-state index in [4.69, 9.17) is 0 Å². The van der Waals surface area contributed by atoms with Crippen molar-refractivity contribution >= 4 is 16.8 Å².